The highest BCUT2D eigenvalue weighted by atomic mass is 31.1. The molecule has 1 aliphatic heterocycles. The van der Waals surface area contributed by atoms with Gasteiger partial charge < -0.3 is 35.1 Å². The Balaban J connectivity index is 1.55. The number of azide groups is 1. The molecule has 0 radical (unpaired) electrons. The highest BCUT2D eigenvalue weighted by molar-refractivity contribution is 7.34. The number of esters is 1. The van der Waals surface area contributed by atoms with Crippen molar-refractivity contribution in [3.63, 3.8) is 0 Å². The third-order valence-electron chi connectivity index (χ3n) is 6.63. The first-order valence-corrected chi connectivity index (χ1v) is 13.9. The molecule has 1 unspecified atom stereocenters. The number of benzene rings is 1. The molecule has 2 fully saturated rings. The van der Waals surface area contributed by atoms with Crippen LogP contribution < -0.4 is 25.6 Å². The zero-order valence-electron chi connectivity index (χ0n) is 22.3. The van der Waals surface area contributed by atoms with Gasteiger partial charge in [-0.3, -0.25) is 9.09 Å². The predicted molar refractivity (Wildman–Crippen MR) is 141 cm³/mol. The largest absolute Gasteiger partial charge is 0.575 e. The molecule has 16 nitrogen and oxygen atoms in total. The van der Waals surface area contributed by atoms with Gasteiger partial charge in [0.05, 0.1) is 6.10 Å². The molecule has 41 heavy (non-hydrogen) atoms. The lowest BCUT2D eigenvalue weighted by Gasteiger charge is -2.26. The van der Waals surface area contributed by atoms with Gasteiger partial charge in [0, 0.05) is 11.1 Å². The van der Waals surface area contributed by atoms with Gasteiger partial charge in [-0.1, -0.05) is 34.8 Å². The molecule has 1 aliphatic carbocycles. The van der Waals surface area contributed by atoms with Gasteiger partial charge >= 0.3 is 19.8 Å². The molecule has 2 aliphatic rings. The van der Waals surface area contributed by atoms with Crippen LogP contribution in [0.15, 0.2) is 51.2 Å². The molecule has 1 saturated carbocycles. The quantitative estimate of drug-likeness (QED) is 0.118. The molecule has 1 aromatic carbocycles. The molecule has 5 atom stereocenters. The van der Waals surface area contributed by atoms with Crippen LogP contribution in [0.5, 0.6) is 11.5 Å². The van der Waals surface area contributed by atoms with E-state index in [4.69, 9.17) is 24.5 Å². The van der Waals surface area contributed by atoms with E-state index in [1.807, 2.05) is 0 Å². The van der Waals surface area contributed by atoms with Crippen LogP contribution >= 0.6 is 8.17 Å². The van der Waals surface area contributed by atoms with Crippen molar-refractivity contribution in [2.45, 2.75) is 75.3 Å². The number of nitrogen functional groups attached to an aromatic ring is 1. The van der Waals surface area contributed by atoms with Gasteiger partial charge in [-0.25, -0.2) is 9.59 Å². The van der Waals surface area contributed by atoms with Crippen LogP contribution in [0.3, 0.4) is 0 Å². The fourth-order valence-corrected chi connectivity index (χ4v) is 5.59. The standard InChI is InChI=1S/C24H30N7O9P/c1-14(2)38-21(34)23(10-5-6-11-23)29-41(36)40-16-8-4-3-7-15(16)37-13-24(28-30-26)19(33)18(32)20(39-24)31-12-9-17(25)27-22(31)35/h3-4,7-9,12,14,18-20,32-33H,5-6,10-11,13H2,1-2H3,(H2,25,27,35)/t18-,19+,20-,24-/m1/s1. The van der Waals surface area contributed by atoms with E-state index in [1.165, 1.54) is 24.4 Å². The number of carbonyl (C=O) groups excluding carboxylic acids is 1. The van der Waals surface area contributed by atoms with E-state index in [2.05, 4.69) is 19.8 Å². The Kier molecular flexibility index (Phi) is 9.12. The number of aliphatic hydroxyl groups is 2. The average Bonchev–Trinajstić information content (AvgIpc) is 3.48. The number of rotatable bonds is 10. The Bertz CT molecular complexity index is 1410. The van der Waals surface area contributed by atoms with Crippen molar-refractivity contribution in [1.29, 1.82) is 0 Å². The van der Waals surface area contributed by atoms with Crippen molar-refractivity contribution in [2.75, 3.05) is 12.3 Å². The molecule has 220 valence electrons. The van der Waals surface area contributed by atoms with Crippen LogP contribution in [-0.4, -0.2) is 61.9 Å². The second kappa shape index (κ2) is 12.4. The minimum absolute atomic E-state index is 0.00357. The third-order valence-corrected chi connectivity index (χ3v) is 7.53. The Morgan fingerprint density at radius 3 is 2.63 bits per heavy atom. The molecule has 0 amide bonds. The summed E-state index contributed by atoms with van der Waals surface area (Å²) >= 11 is 0. The molecule has 2 heterocycles. The summed E-state index contributed by atoms with van der Waals surface area (Å²) in [5.41, 5.74) is 10.4. The van der Waals surface area contributed by atoms with Gasteiger partial charge in [-0.15, -0.1) is 0 Å². The summed E-state index contributed by atoms with van der Waals surface area (Å²) in [4.78, 5) is 44.3. The number of hydrogen-bond donors (Lipinski definition) is 3. The Labute approximate surface area is 234 Å². The lowest BCUT2D eigenvalue weighted by atomic mass is 10.00. The molecule has 4 N–H and O–H groups in total. The number of aliphatic hydroxyl groups excluding tert-OH is 2. The Hall–Kier alpha value is -3.78. The SMILES string of the molecule is CC(C)OC(=O)C1(N=[P+]([O-])Oc2ccccc2OC[C@@]2(N=[N+]=[N-])O[C@@H](n3ccc(N)nc3=O)[C@H](O)[C@@H]2O)CCCC1. The van der Waals surface area contributed by atoms with Crippen LogP contribution in [0.4, 0.5) is 5.82 Å². The van der Waals surface area contributed by atoms with E-state index in [-0.39, 0.29) is 23.4 Å². The summed E-state index contributed by atoms with van der Waals surface area (Å²) in [6.45, 7) is 2.78. The molecular weight excluding hydrogens is 561 g/mol. The first-order chi connectivity index (χ1) is 19.5. The fourth-order valence-electron chi connectivity index (χ4n) is 4.63. The number of aromatic nitrogens is 2. The number of nitrogens with zero attached hydrogens (tertiary/aromatic N) is 6. The van der Waals surface area contributed by atoms with E-state index in [1.54, 1.807) is 26.0 Å². The molecule has 4 rings (SSSR count). The number of anilines is 1. The topological polar surface area (TPSA) is 240 Å². The maximum atomic E-state index is 13.0. The van der Waals surface area contributed by atoms with E-state index < -0.39 is 56.1 Å². The normalized spacial score (nSPS) is 25.5. The van der Waals surface area contributed by atoms with Crippen LogP contribution in [0.2, 0.25) is 0 Å². The first-order valence-electron chi connectivity index (χ1n) is 12.8. The van der Waals surface area contributed by atoms with Gasteiger partial charge in [0.2, 0.25) is 17.0 Å². The van der Waals surface area contributed by atoms with Crippen LogP contribution in [0.1, 0.15) is 45.8 Å². The van der Waals surface area contributed by atoms with Crippen molar-refractivity contribution in [3.05, 3.63) is 57.5 Å². The van der Waals surface area contributed by atoms with Gasteiger partial charge in [0.15, 0.2) is 12.0 Å². The summed E-state index contributed by atoms with van der Waals surface area (Å²) in [7, 11) is -2.75. The van der Waals surface area contributed by atoms with Crippen molar-refractivity contribution in [3.8, 4) is 11.5 Å². The van der Waals surface area contributed by atoms with Gasteiger partial charge in [0.25, 0.3) is 0 Å². The molecule has 1 aromatic heterocycles. The fraction of sp³-hybridized carbons (Fsp3) is 0.542. The highest BCUT2D eigenvalue weighted by Gasteiger charge is 2.56. The van der Waals surface area contributed by atoms with Gasteiger partial charge in [-0.2, -0.15) is 4.98 Å². The minimum Gasteiger partial charge on any atom is -0.575 e. The maximum Gasteiger partial charge on any atom is 0.395 e. The number of para-hydroxylation sites is 2. The zero-order valence-corrected chi connectivity index (χ0v) is 23.2. The average molecular weight is 592 g/mol. The monoisotopic (exact) mass is 591 g/mol. The Morgan fingerprint density at radius 2 is 2.00 bits per heavy atom. The van der Waals surface area contributed by atoms with Gasteiger partial charge in [-0.05, 0) is 50.4 Å². The van der Waals surface area contributed by atoms with Crippen molar-refractivity contribution < 1.29 is 38.6 Å². The summed E-state index contributed by atoms with van der Waals surface area (Å²) in [6, 6.07) is 7.33. The van der Waals surface area contributed by atoms with E-state index in [9.17, 15) is 30.2 Å². The minimum atomic E-state index is -2.75. The summed E-state index contributed by atoms with van der Waals surface area (Å²) in [6.07, 6.45) is -2.02. The predicted octanol–water partition coefficient (Wildman–Crippen LogP) is 1.66. The summed E-state index contributed by atoms with van der Waals surface area (Å²) in [5.74, 6) is -0.652. The maximum absolute atomic E-state index is 13.0. The molecule has 17 heteroatoms. The summed E-state index contributed by atoms with van der Waals surface area (Å²) in [5, 5.41) is 25.0. The lowest BCUT2D eigenvalue weighted by Crippen LogP contribution is -2.46. The van der Waals surface area contributed by atoms with Crippen molar-refractivity contribution in [2.24, 2.45) is 9.86 Å². The molecular formula is C24H30N7O9P. The first kappa shape index (κ1) is 30.2. The van der Waals surface area contributed by atoms with Crippen LogP contribution in [0, 0.1) is 0 Å². The van der Waals surface area contributed by atoms with Crippen molar-refractivity contribution >= 4 is 20.0 Å². The second-order valence-corrected chi connectivity index (χ2v) is 10.7. The lowest BCUT2D eigenvalue weighted by molar-refractivity contribution is -0.171. The zero-order chi connectivity index (χ0) is 29.8. The molecule has 1 saturated heterocycles. The molecule has 0 bridgehead atoms. The van der Waals surface area contributed by atoms with E-state index >= 15 is 0 Å². The highest BCUT2D eigenvalue weighted by Crippen LogP contribution is 2.42. The van der Waals surface area contributed by atoms with Crippen molar-refractivity contribution in [1.82, 2.24) is 9.55 Å². The van der Waals surface area contributed by atoms with Crippen LogP contribution in [0.25, 0.3) is 10.4 Å². The van der Waals surface area contributed by atoms with E-state index in [0.717, 1.165) is 17.4 Å². The van der Waals surface area contributed by atoms with E-state index in [0.29, 0.717) is 12.8 Å². The number of nitrogens with two attached hydrogens (primary N) is 1. The second-order valence-electron chi connectivity index (χ2n) is 9.88. The molecule has 2 aromatic rings. The van der Waals surface area contributed by atoms with Gasteiger partial charge in [0.1, 0.15) is 24.6 Å². The number of hydrogen-bond acceptors (Lipinski definition) is 13. The van der Waals surface area contributed by atoms with Crippen LogP contribution in [-0.2, 0) is 14.3 Å². The smallest absolute Gasteiger partial charge is 0.395 e. The number of ether oxygens (including phenoxy) is 3. The summed E-state index contributed by atoms with van der Waals surface area (Å²) < 4.78 is 27.4. The Morgan fingerprint density at radius 1 is 1.32 bits per heavy atom. The number of carbonyl (C=O) groups is 1. The molecule has 0 spiro atoms. The third kappa shape index (κ3) is 6.43.